The zero-order valence-electron chi connectivity index (χ0n) is 22.8. The van der Waals surface area contributed by atoms with Crippen LogP contribution in [0.4, 0.5) is 21.6 Å². The molecule has 1 aliphatic heterocycles. The zero-order chi connectivity index (χ0) is 29.8. The van der Waals surface area contributed by atoms with Crippen molar-refractivity contribution in [3.63, 3.8) is 0 Å². The average Bonchev–Trinajstić information content (AvgIpc) is 2.99. The molecule has 218 valence electrons. The number of anilines is 2. The fourth-order valence-corrected chi connectivity index (χ4v) is 4.75. The number of fused-ring (bicyclic) bond motifs is 1. The fourth-order valence-electron chi connectivity index (χ4n) is 4.75. The second-order valence-corrected chi connectivity index (χ2v) is 9.39. The Labute approximate surface area is 239 Å². The van der Waals surface area contributed by atoms with E-state index in [0.29, 0.717) is 67.6 Å². The smallest absolute Gasteiger partial charge is 0.272 e. The Bertz CT molecular complexity index is 1620. The van der Waals surface area contributed by atoms with Crippen LogP contribution in [-0.2, 0) is 14.3 Å². The molecule has 1 aliphatic carbocycles. The van der Waals surface area contributed by atoms with Crippen molar-refractivity contribution in [2.24, 2.45) is 0 Å². The number of rotatable bonds is 10. The van der Waals surface area contributed by atoms with Gasteiger partial charge in [-0.1, -0.05) is 0 Å². The molecule has 0 radical (unpaired) electrons. The number of allylic oxidation sites excluding steroid dienone is 2. The van der Waals surface area contributed by atoms with E-state index in [1.54, 1.807) is 29.0 Å². The molecule has 42 heavy (non-hydrogen) atoms. The van der Waals surface area contributed by atoms with Gasteiger partial charge in [0.25, 0.3) is 5.69 Å². The molecule has 1 N–H and O–H groups in total. The Morgan fingerprint density at radius 3 is 2.43 bits per heavy atom. The lowest BCUT2D eigenvalue weighted by Crippen LogP contribution is -2.47. The third kappa shape index (κ3) is 5.83. The maximum Gasteiger partial charge on any atom is 0.272 e. The lowest BCUT2D eigenvalue weighted by molar-refractivity contribution is -0.385. The van der Waals surface area contributed by atoms with Crippen LogP contribution in [0.2, 0.25) is 0 Å². The third-order valence-corrected chi connectivity index (χ3v) is 6.88. The molecule has 2 aliphatic rings. The quantitative estimate of drug-likeness (QED) is 0.163. The van der Waals surface area contributed by atoms with Gasteiger partial charge in [-0.3, -0.25) is 19.7 Å². The van der Waals surface area contributed by atoms with E-state index < -0.39 is 16.5 Å². The summed E-state index contributed by atoms with van der Waals surface area (Å²) >= 11 is 0. The molecule has 1 fully saturated rings. The highest BCUT2D eigenvalue weighted by Gasteiger charge is 2.29. The van der Waals surface area contributed by atoms with Gasteiger partial charge in [0, 0.05) is 63.0 Å². The number of methoxy groups -OCH3 is 2. The Balaban J connectivity index is 1.28. The van der Waals surface area contributed by atoms with E-state index in [9.17, 15) is 24.1 Å². The summed E-state index contributed by atoms with van der Waals surface area (Å²) < 4.78 is 30.7. The van der Waals surface area contributed by atoms with Crippen molar-refractivity contribution in [2.45, 2.75) is 0 Å². The Morgan fingerprint density at radius 1 is 0.976 bits per heavy atom. The number of carbonyl (C=O) groups is 2. The summed E-state index contributed by atoms with van der Waals surface area (Å²) in [6.45, 7) is 2.12. The number of nitro benzene ring substituents is 1. The predicted octanol–water partition coefficient (Wildman–Crippen LogP) is 2.86. The number of benzene rings is 2. The maximum atomic E-state index is 14.5. The van der Waals surface area contributed by atoms with Crippen LogP contribution >= 0.6 is 0 Å². The van der Waals surface area contributed by atoms with Crippen molar-refractivity contribution in [1.82, 2.24) is 14.9 Å². The van der Waals surface area contributed by atoms with Crippen LogP contribution in [0.15, 0.2) is 60.2 Å². The van der Waals surface area contributed by atoms with Crippen molar-refractivity contribution < 1.29 is 33.1 Å². The first kappa shape index (κ1) is 28.4. The summed E-state index contributed by atoms with van der Waals surface area (Å²) in [4.78, 5) is 48.5. The number of aromatic nitrogens is 2. The van der Waals surface area contributed by atoms with Crippen LogP contribution in [0.25, 0.3) is 10.9 Å². The monoisotopic (exact) mass is 578 g/mol. The van der Waals surface area contributed by atoms with Crippen molar-refractivity contribution in [2.75, 3.05) is 63.8 Å². The number of carbonyl (C=O) groups excluding carboxylic acids is 2. The number of nitro groups is 1. The molecule has 14 heteroatoms. The molecule has 2 heterocycles. The first-order valence-electron chi connectivity index (χ1n) is 13.0. The number of piperazine rings is 1. The second kappa shape index (κ2) is 12.2. The number of nitrogens with zero attached hydrogens (tertiary/aromatic N) is 5. The van der Waals surface area contributed by atoms with Gasteiger partial charge < -0.3 is 29.3 Å². The van der Waals surface area contributed by atoms with Gasteiger partial charge in [-0.15, -0.1) is 0 Å². The number of ketones is 2. The maximum absolute atomic E-state index is 14.5. The fraction of sp³-hybridized carbons (Fsp3) is 0.286. The van der Waals surface area contributed by atoms with E-state index in [1.165, 1.54) is 37.7 Å². The minimum atomic E-state index is -0.691. The van der Waals surface area contributed by atoms with E-state index in [2.05, 4.69) is 15.3 Å². The first-order chi connectivity index (χ1) is 20.3. The zero-order valence-corrected chi connectivity index (χ0v) is 22.8. The molecule has 0 bridgehead atoms. The highest BCUT2D eigenvalue weighted by Crippen LogP contribution is 2.34. The van der Waals surface area contributed by atoms with Crippen molar-refractivity contribution >= 4 is 39.7 Å². The van der Waals surface area contributed by atoms with E-state index in [1.807, 2.05) is 0 Å². The first-order valence-corrected chi connectivity index (χ1v) is 13.0. The number of nitrogens with one attached hydrogen (secondary N) is 1. The minimum absolute atomic E-state index is 0.0507. The molecule has 0 unspecified atom stereocenters. The van der Waals surface area contributed by atoms with E-state index >= 15 is 0 Å². The van der Waals surface area contributed by atoms with Gasteiger partial charge in [-0.2, -0.15) is 0 Å². The van der Waals surface area contributed by atoms with Gasteiger partial charge in [-0.05, 0) is 12.1 Å². The van der Waals surface area contributed by atoms with Gasteiger partial charge in [0.1, 0.15) is 18.8 Å². The Hall–Kier alpha value is -5.11. The normalized spacial score (nSPS) is 15.4. The van der Waals surface area contributed by atoms with Crippen LogP contribution in [0.5, 0.6) is 11.5 Å². The summed E-state index contributed by atoms with van der Waals surface area (Å²) in [5.41, 5.74) is 0.744. The third-order valence-electron chi connectivity index (χ3n) is 6.88. The topological polar surface area (TPSA) is 149 Å². The van der Waals surface area contributed by atoms with Crippen LogP contribution in [0, 0.1) is 15.9 Å². The summed E-state index contributed by atoms with van der Waals surface area (Å²) in [5, 5.41) is 14.4. The standard InChI is InChI=1S/C28H27FN6O7/c1-40-9-10-42-27-14-20-18(12-26(27)41-2)28(31-16-30-20)32-21-13-25(37)23(15-24(21)36)34-7-5-33(6-8-34)22-4-3-17(35(38)39)11-19(22)29/h3-4,11-16H,5-10H2,1-2H3,(H,30,31,32). The van der Waals surface area contributed by atoms with Gasteiger partial charge in [0.05, 0.1) is 47.3 Å². The minimum Gasteiger partial charge on any atom is -0.493 e. The Kier molecular flexibility index (Phi) is 8.24. The number of non-ortho nitro benzene ring substituents is 1. The summed E-state index contributed by atoms with van der Waals surface area (Å²) in [5.74, 6) is -0.248. The second-order valence-electron chi connectivity index (χ2n) is 9.39. The van der Waals surface area contributed by atoms with Crippen molar-refractivity contribution in [1.29, 1.82) is 0 Å². The molecule has 0 amide bonds. The molecule has 3 aromatic rings. The summed E-state index contributed by atoms with van der Waals surface area (Å²) in [6.07, 6.45) is 3.84. The number of ether oxygens (including phenoxy) is 3. The van der Waals surface area contributed by atoms with E-state index in [-0.39, 0.29) is 28.6 Å². The van der Waals surface area contributed by atoms with Crippen LogP contribution in [0.1, 0.15) is 0 Å². The summed E-state index contributed by atoms with van der Waals surface area (Å²) in [7, 11) is 3.07. The molecule has 13 nitrogen and oxygen atoms in total. The van der Waals surface area contributed by atoms with E-state index in [4.69, 9.17) is 14.2 Å². The predicted molar refractivity (Wildman–Crippen MR) is 150 cm³/mol. The SMILES string of the molecule is COCCOc1cc2ncnc(NC3=CC(=O)C(N4CCN(c5ccc([N+](=O)[O-])cc5F)CC4)=CC3=O)c2cc1OC. The lowest BCUT2D eigenvalue weighted by Gasteiger charge is -2.38. The van der Waals surface area contributed by atoms with Crippen LogP contribution in [-0.4, -0.2) is 85.0 Å². The van der Waals surface area contributed by atoms with E-state index in [0.717, 1.165) is 6.07 Å². The van der Waals surface area contributed by atoms with Gasteiger partial charge in [0.15, 0.2) is 17.3 Å². The molecular weight excluding hydrogens is 551 g/mol. The average molecular weight is 579 g/mol. The van der Waals surface area contributed by atoms with Crippen LogP contribution in [0.3, 0.4) is 0 Å². The molecular formula is C28H27FN6O7. The molecule has 2 aromatic carbocycles. The summed E-state index contributed by atoms with van der Waals surface area (Å²) in [6, 6.07) is 6.89. The molecule has 5 rings (SSSR count). The van der Waals surface area contributed by atoms with Crippen molar-refractivity contribution in [3.8, 4) is 11.5 Å². The van der Waals surface area contributed by atoms with Crippen LogP contribution < -0.4 is 19.7 Å². The van der Waals surface area contributed by atoms with Gasteiger partial charge >= 0.3 is 0 Å². The van der Waals surface area contributed by atoms with Gasteiger partial charge in [0.2, 0.25) is 11.6 Å². The largest absolute Gasteiger partial charge is 0.493 e. The van der Waals surface area contributed by atoms with Gasteiger partial charge in [-0.25, -0.2) is 14.4 Å². The number of hydrogen-bond donors (Lipinski definition) is 1. The highest BCUT2D eigenvalue weighted by molar-refractivity contribution is 6.21. The molecule has 0 saturated carbocycles. The Morgan fingerprint density at radius 2 is 1.74 bits per heavy atom. The molecule has 1 aromatic heterocycles. The molecule has 1 saturated heterocycles. The van der Waals surface area contributed by atoms with Crippen molar-refractivity contribution in [3.05, 3.63) is 76.1 Å². The lowest BCUT2D eigenvalue weighted by atomic mass is 10.0. The molecule has 0 spiro atoms. The number of halogens is 1. The number of hydrogen-bond acceptors (Lipinski definition) is 12. The highest BCUT2D eigenvalue weighted by atomic mass is 19.1. The molecule has 0 atom stereocenters.